The number of amides is 2. The van der Waals surface area contributed by atoms with E-state index in [1.165, 1.54) is 12.0 Å². The zero-order valence-corrected chi connectivity index (χ0v) is 13.6. The number of nitrogens with one attached hydrogen (secondary N) is 2. The summed E-state index contributed by atoms with van der Waals surface area (Å²) in [5.74, 6) is 1.28. The smallest absolute Gasteiger partial charge is 0.315 e. The van der Waals surface area contributed by atoms with Gasteiger partial charge in [-0.25, -0.2) is 4.79 Å². The maximum absolute atomic E-state index is 11.9. The molecule has 1 heterocycles. The standard InChI is InChI=1S/C18H27N3O2/c22-10-4-9-19-18(23)20-17-8-7-15-12-21(13-16(15)17)11-14-5-2-1-3-6-14/h1-3,5-6,15-17,22H,4,7-13H2,(H2,19,20,23). The van der Waals surface area contributed by atoms with Gasteiger partial charge in [0, 0.05) is 38.8 Å². The molecule has 5 nitrogen and oxygen atoms in total. The van der Waals surface area contributed by atoms with E-state index in [-0.39, 0.29) is 18.7 Å². The Bertz CT molecular complexity index is 508. The van der Waals surface area contributed by atoms with Crippen molar-refractivity contribution in [2.24, 2.45) is 11.8 Å². The van der Waals surface area contributed by atoms with Crippen LogP contribution in [0.15, 0.2) is 30.3 Å². The Labute approximate surface area is 138 Å². The third-order valence-electron chi connectivity index (χ3n) is 5.12. The van der Waals surface area contributed by atoms with E-state index < -0.39 is 0 Å². The molecule has 0 bridgehead atoms. The Balaban J connectivity index is 1.48. The second kappa shape index (κ2) is 7.79. The first-order valence-electron chi connectivity index (χ1n) is 8.68. The van der Waals surface area contributed by atoms with Crippen molar-refractivity contribution in [2.75, 3.05) is 26.2 Å². The highest BCUT2D eigenvalue weighted by atomic mass is 16.3. The van der Waals surface area contributed by atoms with Gasteiger partial charge in [-0.15, -0.1) is 0 Å². The molecule has 1 aromatic rings. The number of carbonyl (C=O) groups excluding carboxylic acids is 1. The molecule has 0 spiro atoms. The number of carbonyl (C=O) groups is 1. The predicted octanol–water partition coefficient (Wildman–Crippen LogP) is 1.58. The van der Waals surface area contributed by atoms with Crippen LogP contribution in [0.4, 0.5) is 4.79 Å². The first-order chi connectivity index (χ1) is 11.3. The summed E-state index contributed by atoms with van der Waals surface area (Å²) in [6.45, 7) is 3.86. The molecule has 2 aliphatic rings. The second-order valence-electron chi connectivity index (χ2n) is 6.76. The number of hydrogen-bond donors (Lipinski definition) is 3. The Morgan fingerprint density at radius 3 is 2.83 bits per heavy atom. The van der Waals surface area contributed by atoms with Gasteiger partial charge >= 0.3 is 6.03 Å². The van der Waals surface area contributed by atoms with Crippen LogP contribution in [0.5, 0.6) is 0 Å². The minimum Gasteiger partial charge on any atom is -0.396 e. The van der Waals surface area contributed by atoms with Gasteiger partial charge in [0.1, 0.15) is 0 Å². The van der Waals surface area contributed by atoms with Crippen LogP contribution < -0.4 is 10.6 Å². The summed E-state index contributed by atoms with van der Waals surface area (Å²) in [5, 5.41) is 14.7. The zero-order valence-electron chi connectivity index (χ0n) is 13.6. The van der Waals surface area contributed by atoms with Crippen molar-refractivity contribution >= 4 is 6.03 Å². The van der Waals surface area contributed by atoms with Crippen molar-refractivity contribution in [3.63, 3.8) is 0 Å². The van der Waals surface area contributed by atoms with Crippen LogP contribution in [-0.2, 0) is 6.54 Å². The van der Waals surface area contributed by atoms with Crippen molar-refractivity contribution in [1.29, 1.82) is 0 Å². The quantitative estimate of drug-likeness (QED) is 0.698. The minimum absolute atomic E-state index is 0.0920. The van der Waals surface area contributed by atoms with Gasteiger partial charge < -0.3 is 15.7 Å². The van der Waals surface area contributed by atoms with Gasteiger partial charge in [-0.2, -0.15) is 0 Å². The van der Waals surface area contributed by atoms with Gasteiger partial charge in [0.05, 0.1) is 0 Å². The van der Waals surface area contributed by atoms with E-state index in [4.69, 9.17) is 5.11 Å². The fraction of sp³-hybridized carbons (Fsp3) is 0.611. The molecule has 3 atom stereocenters. The summed E-state index contributed by atoms with van der Waals surface area (Å²) in [7, 11) is 0. The Morgan fingerprint density at radius 2 is 2.04 bits per heavy atom. The van der Waals surface area contributed by atoms with E-state index in [0.29, 0.717) is 24.8 Å². The lowest BCUT2D eigenvalue weighted by Gasteiger charge is -2.22. The fourth-order valence-electron chi connectivity index (χ4n) is 4.01. The minimum atomic E-state index is -0.0920. The molecular weight excluding hydrogens is 290 g/mol. The molecule has 3 unspecified atom stereocenters. The molecule has 1 saturated heterocycles. The molecule has 2 fully saturated rings. The van der Waals surface area contributed by atoms with E-state index in [1.54, 1.807) is 0 Å². The van der Waals surface area contributed by atoms with Crippen molar-refractivity contribution in [3.8, 4) is 0 Å². The Kier molecular flexibility index (Phi) is 5.51. The monoisotopic (exact) mass is 317 g/mol. The zero-order chi connectivity index (χ0) is 16.1. The van der Waals surface area contributed by atoms with Gasteiger partial charge in [0.25, 0.3) is 0 Å². The number of rotatable bonds is 6. The van der Waals surface area contributed by atoms with Gasteiger partial charge in [-0.1, -0.05) is 30.3 Å². The number of likely N-dealkylation sites (tertiary alicyclic amines) is 1. The van der Waals surface area contributed by atoms with E-state index >= 15 is 0 Å². The molecule has 3 rings (SSSR count). The van der Waals surface area contributed by atoms with Crippen molar-refractivity contribution < 1.29 is 9.90 Å². The summed E-state index contributed by atoms with van der Waals surface area (Å²) >= 11 is 0. The fourth-order valence-corrected chi connectivity index (χ4v) is 4.01. The van der Waals surface area contributed by atoms with Gasteiger partial charge in [0.15, 0.2) is 0 Å². The van der Waals surface area contributed by atoms with Crippen molar-refractivity contribution in [2.45, 2.75) is 31.8 Å². The van der Waals surface area contributed by atoms with Gasteiger partial charge in [-0.05, 0) is 36.7 Å². The highest BCUT2D eigenvalue weighted by molar-refractivity contribution is 5.74. The van der Waals surface area contributed by atoms with Crippen LogP contribution in [0.3, 0.4) is 0 Å². The summed E-state index contributed by atoms with van der Waals surface area (Å²) in [5.41, 5.74) is 1.36. The Hall–Kier alpha value is -1.59. The molecule has 0 radical (unpaired) electrons. The van der Waals surface area contributed by atoms with E-state index in [2.05, 4.69) is 45.9 Å². The van der Waals surface area contributed by atoms with E-state index in [1.807, 2.05) is 0 Å². The molecule has 0 aromatic heterocycles. The molecule has 1 saturated carbocycles. The van der Waals surface area contributed by atoms with Crippen LogP contribution in [0.2, 0.25) is 0 Å². The number of urea groups is 1. The Morgan fingerprint density at radius 1 is 1.22 bits per heavy atom. The van der Waals surface area contributed by atoms with Crippen molar-refractivity contribution in [1.82, 2.24) is 15.5 Å². The first kappa shape index (κ1) is 16.3. The van der Waals surface area contributed by atoms with Gasteiger partial charge in [-0.3, -0.25) is 4.90 Å². The lowest BCUT2D eigenvalue weighted by Crippen LogP contribution is -2.45. The SMILES string of the molecule is O=C(NCCCO)NC1CCC2CN(Cc3ccccc3)CC21. The summed E-state index contributed by atoms with van der Waals surface area (Å²) in [6, 6.07) is 10.8. The molecule has 1 aromatic carbocycles. The largest absolute Gasteiger partial charge is 0.396 e. The summed E-state index contributed by atoms with van der Waals surface area (Å²) < 4.78 is 0. The highest BCUT2D eigenvalue weighted by Gasteiger charge is 2.42. The number of benzene rings is 1. The maximum atomic E-state index is 11.9. The average Bonchev–Trinajstić information content (AvgIpc) is 3.10. The molecule has 5 heteroatoms. The molecule has 23 heavy (non-hydrogen) atoms. The number of aliphatic hydroxyl groups excluding tert-OH is 1. The number of hydrogen-bond acceptors (Lipinski definition) is 3. The van der Waals surface area contributed by atoms with Crippen LogP contribution in [0.1, 0.15) is 24.8 Å². The van der Waals surface area contributed by atoms with Crippen LogP contribution >= 0.6 is 0 Å². The van der Waals surface area contributed by atoms with Crippen LogP contribution in [-0.4, -0.2) is 48.3 Å². The topological polar surface area (TPSA) is 64.6 Å². The third kappa shape index (κ3) is 4.24. The highest BCUT2D eigenvalue weighted by Crippen LogP contribution is 2.38. The molecule has 3 N–H and O–H groups in total. The molecular formula is C18H27N3O2. The molecule has 2 amide bonds. The number of nitrogens with zero attached hydrogens (tertiary/aromatic N) is 1. The van der Waals surface area contributed by atoms with Crippen molar-refractivity contribution in [3.05, 3.63) is 35.9 Å². The van der Waals surface area contributed by atoms with Crippen LogP contribution in [0.25, 0.3) is 0 Å². The number of aliphatic hydroxyl groups is 1. The average molecular weight is 317 g/mol. The lowest BCUT2D eigenvalue weighted by molar-refractivity contribution is 0.228. The van der Waals surface area contributed by atoms with E-state index in [0.717, 1.165) is 26.1 Å². The van der Waals surface area contributed by atoms with Gasteiger partial charge in [0.2, 0.25) is 0 Å². The summed E-state index contributed by atoms with van der Waals surface area (Å²) in [4.78, 5) is 14.4. The summed E-state index contributed by atoms with van der Waals surface area (Å²) in [6.07, 6.45) is 2.90. The lowest BCUT2D eigenvalue weighted by atomic mass is 9.98. The van der Waals surface area contributed by atoms with E-state index in [9.17, 15) is 4.79 Å². The third-order valence-corrected chi connectivity index (χ3v) is 5.12. The maximum Gasteiger partial charge on any atom is 0.315 e. The normalized spacial score (nSPS) is 26.9. The van der Waals surface area contributed by atoms with Crippen LogP contribution in [0, 0.1) is 11.8 Å². The second-order valence-corrected chi connectivity index (χ2v) is 6.76. The first-order valence-corrected chi connectivity index (χ1v) is 8.68. The molecule has 1 aliphatic carbocycles. The molecule has 126 valence electrons. The predicted molar refractivity (Wildman–Crippen MR) is 90.0 cm³/mol. The number of fused-ring (bicyclic) bond motifs is 1. The molecule has 1 aliphatic heterocycles.